The largest absolute Gasteiger partial charge is 0.444 e. The maximum Gasteiger partial charge on any atom is 0.410 e. The van der Waals surface area contributed by atoms with Gasteiger partial charge in [0.05, 0.1) is 31.5 Å². The van der Waals surface area contributed by atoms with Gasteiger partial charge in [0.25, 0.3) is 0 Å². The zero-order chi connectivity index (χ0) is 40.9. The van der Waals surface area contributed by atoms with Crippen LogP contribution in [0.15, 0.2) is 36.7 Å². The van der Waals surface area contributed by atoms with Gasteiger partial charge < -0.3 is 39.2 Å². The van der Waals surface area contributed by atoms with Crippen LogP contribution in [0.4, 0.5) is 18.4 Å². The van der Waals surface area contributed by atoms with Crippen molar-refractivity contribution in [1.29, 1.82) is 0 Å². The lowest BCUT2D eigenvalue weighted by atomic mass is 10.00. The molecule has 8 heterocycles. The second-order valence-corrected chi connectivity index (χ2v) is 18.5. The van der Waals surface area contributed by atoms with Gasteiger partial charge in [0.15, 0.2) is 0 Å². The summed E-state index contributed by atoms with van der Waals surface area (Å²) < 4.78 is 49.5. The van der Waals surface area contributed by atoms with Crippen LogP contribution in [0.3, 0.4) is 0 Å². The van der Waals surface area contributed by atoms with Crippen molar-refractivity contribution in [2.24, 2.45) is 0 Å². The minimum Gasteiger partial charge on any atom is -0.444 e. The molecule has 0 radical (unpaired) electrons. The molecule has 58 heavy (non-hydrogen) atoms. The van der Waals surface area contributed by atoms with Gasteiger partial charge in [-0.15, -0.1) is 12.4 Å². The molecule has 6 bridgehead atoms. The van der Waals surface area contributed by atoms with E-state index in [9.17, 15) is 23.5 Å². The second kappa shape index (κ2) is 19.9. The molecule has 6 fully saturated rings. The van der Waals surface area contributed by atoms with Gasteiger partial charge in [-0.25, -0.2) is 19.6 Å². The molecule has 0 aromatic carbocycles. The van der Waals surface area contributed by atoms with Crippen LogP contribution in [0.1, 0.15) is 130 Å². The first-order valence-electron chi connectivity index (χ1n) is 20.9. The van der Waals surface area contributed by atoms with Crippen LogP contribution in [-0.4, -0.2) is 103 Å². The van der Waals surface area contributed by atoms with Gasteiger partial charge >= 0.3 is 12.2 Å². The highest BCUT2D eigenvalue weighted by Gasteiger charge is 2.46. The number of pyridine rings is 2. The standard InChI is InChI=1S/C18H25FN2O3.C13H17FN2O.C12H21NO3.ClH/c1-18(2,3)24-17(22)21-13-6-7-14(21)10-15(9-13)23-11-12-5-4-8-20-16(12)19;14-13-9(2-1-5-15-13)8-17-12-6-10-3-4-11(7-12)16-10;1-12(2,3)16-11(15)13-8-4-5-9(13)7-10(14)6-8;/h4-5,8,13-15H,6-7,9-11H2,1-3H3;1-2,5,10-12,16H,3-4,6-8H2;8-10,14H,4-7H2,1-3H3;1H. The fourth-order valence-electron chi connectivity index (χ4n) is 9.25. The Balaban J connectivity index is 0.000000169. The average molecular weight is 836 g/mol. The van der Waals surface area contributed by atoms with Crippen molar-refractivity contribution in [3.8, 4) is 0 Å². The maximum absolute atomic E-state index is 13.6. The number of fused-ring (bicyclic) bond motifs is 6. The molecule has 12 nitrogen and oxygen atoms in total. The van der Waals surface area contributed by atoms with Crippen LogP contribution in [0.5, 0.6) is 0 Å². The highest BCUT2D eigenvalue weighted by molar-refractivity contribution is 5.85. The Morgan fingerprint density at radius 1 is 0.672 bits per heavy atom. The molecule has 2 aromatic heterocycles. The highest BCUT2D eigenvalue weighted by atomic mass is 35.5. The molecule has 2 N–H and O–H groups in total. The van der Waals surface area contributed by atoms with Crippen molar-refractivity contribution >= 4 is 24.6 Å². The summed E-state index contributed by atoms with van der Waals surface area (Å²) in [6.07, 6.45) is 14.1. The summed E-state index contributed by atoms with van der Waals surface area (Å²) in [5.74, 6) is -0.893. The highest BCUT2D eigenvalue weighted by Crippen LogP contribution is 2.39. The van der Waals surface area contributed by atoms with Crippen LogP contribution in [-0.2, 0) is 32.2 Å². The number of aromatic nitrogens is 2. The Kier molecular flexibility index (Phi) is 15.8. The van der Waals surface area contributed by atoms with E-state index in [-0.39, 0.29) is 73.7 Å². The first kappa shape index (κ1) is 45.9. The molecule has 0 aliphatic carbocycles. The van der Waals surface area contributed by atoms with E-state index in [0.29, 0.717) is 42.7 Å². The number of hydrogen-bond acceptors (Lipinski definition) is 10. The molecule has 0 spiro atoms. The Hall–Kier alpha value is -3.17. The summed E-state index contributed by atoms with van der Waals surface area (Å²) in [6, 6.07) is 8.77. The van der Waals surface area contributed by atoms with E-state index in [4.69, 9.17) is 18.9 Å². The minimum absolute atomic E-state index is 0. The summed E-state index contributed by atoms with van der Waals surface area (Å²) in [4.78, 5) is 35.4. The van der Waals surface area contributed by atoms with Crippen LogP contribution < -0.4 is 5.32 Å². The molecule has 6 unspecified atom stereocenters. The zero-order valence-corrected chi connectivity index (χ0v) is 35.7. The number of ether oxygens (including phenoxy) is 4. The van der Waals surface area contributed by atoms with E-state index in [0.717, 1.165) is 51.4 Å². The third-order valence-electron chi connectivity index (χ3n) is 11.7. The van der Waals surface area contributed by atoms with Crippen LogP contribution in [0, 0.1) is 11.9 Å². The predicted molar refractivity (Wildman–Crippen MR) is 216 cm³/mol. The lowest BCUT2D eigenvalue weighted by Crippen LogP contribution is -2.50. The van der Waals surface area contributed by atoms with Gasteiger partial charge in [-0.1, -0.05) is 12.1 Å². The molecule has 2 aromatic rings. The number of carbonyl (C=O) groups is 2. The summed E-state index contributed by atoms with van der Waals surface area (Å²) in [5.41, 5.74) is 0.103. The molecular formula is C43H64ClF2N5O7. The van der Waals surface area contributed by atoms with Crippen LogP contribution in [0.2, 0.25) is 0 Å². The summed E-state index contributed by atoms with van der Waals surface area (Å²) in [7, 11) is 0. The average Bonchev–Trinajstić information content (AvgIpc) is 3.72. The smallest absolute Gasteiger partial charge is 0.410 e. The molecule has 6 saturated heterocycles. The number of nitrogens with zero attached hydrogens (tertiary/aromatic N) is 4. The Morgan fingerprint density at radius 2 is 1.05 bits per heavy atom. The van der Waals surface area contributed by atoms with E-state index in [2.05, 4.69) is 15.3 Å². The van der Waals surface area contributed by atoms with Crippen molar-refractivity contribution < 1.29 is 42.4 Å². The minimum atomic E-state index is -0.484. The number of rotatable bonds is 6. The Morgan fingerprint density at radius 3 is 1.43 bits per heavy atom. The first-order valence-corrected chi connectivity index (χ1v) is 20.9. The molecular weight excluding hydrogens is 772 g/mol. The quantitative estimate of drug-likeness (QED) is 0.276. The van der Waals surface area contributed by atoms with E-state index >= 15 is 0 Å². The third kappa shape index (κ3) is 12.7. The van der Waals surface area contributed by atoms with Gasteiger partial charge in [0.1, 0.15) is 11.2 Å². The number of carbonyl (C=O) groups excluding carboxylic acids is 2. The number of halogens is 3. The zero-order valence-electron chi connectivity index (χ0n) is 34.9. The summed E-state index contributed by atoms with van der Waals surface area (Å²) in [5, 5.41) is 13.2. The molecule has 0 saturated carbocycles. The fourth-order valence-corrected chi connectivity index (χ4v) is 9.25. The second-order valence-electron chi connectivity index (χ2n) is 18.5. The molecule has 8 rings (SSSR count). The fraction of sp³-hybridized carbons (Fsp3) is 0.721. The molecule has 6 aliphatic rings. The molecule has 2 amide bonds. The van der Waals surface area contributed by atoms with Gasteiger partial charge in [0, 0.05) is 59.8 Å². The lowest BCUT2D eigenvalue weighted by molar-refractivity contribution is -0.0403. The Bertz CT molecular complexity index is 1620. The molecule has 324 valence electrons. The molecule has 6 aliphatic heterocycles. The maximum atomic E-state index is 13.6. The van der Waals surface area contributed by atoms with Gasteiger partial charge in [0.2, 0.25) is 11.9 Å². The number of hydrogen-bond donors (Lipinski definition) is 2. The van der Waals surface area contributed by atoms with E-state index < -0.39 is 23.1 Å². The number of amides is 2. The van der Waals surface area contributed by atoms with Crippen molar-refractivity contribution in [1.82, 2.24) is 25.1 Å². The van der Waals surface area contributed by atoms with Crippen LogP contribution >= 0.6 is 12.4 Å². The monoisotopic (exact) mass is 835 g/mol. The summed E-state index contributed by atoms with van der Waals surface area (Å²) in [6.45, 7) is 11.8. The number of aliphatic hydroxyl groups is 1. The molecule has 15 heteroatoms. The summed E-state index contributed by atoms with van der Waals surface area (Å²) >= 11 is 0. The van der Waals surface area contributed by atoms with E-state index in [1.807, 2.05) is 51.3 Å². The van der Waals surface area contributed by atoms with Crippen LogP contribution in [0.25, 0.3) is 0 Å². The number of aliphatic hydroxyl groups excluding tert-OH is 1. The first-order chi connectivity index (χ1) is 27.0. The number of piperidine rings is 3. The van der Waals surface area contributed by atoms with E-state index in [1.165, 1.54) is 25.2 Å². The van der Waals surface area contributed by atoms with Crippen molar-refractivity contribution in [3.05, 3.63) is 59.7 Å². The van der Waals surface area contributed by atoms with Crippen molar-refractivity contribution in [2.75, 3.05) is 0 Å². The lowest BCUT2D eigenvalue weighted by Gasteiger charge is -2.39. The van der Waals surface area contributed by atoms with Gasteiger partial charge in [-0.3, -0.25) is 0 Å². The normalized spacial score (nSPS) is 29.6. The van der Waals surface area contributed by atoms with Gasteiger partial charge in [-0.05, 0) is 131 Å². The van der Waals surface area contributed by atoms with E-state index in [1.54, 1.807) is 24.3 Å². The third-order valence-corrected chi connectivity index (χ3v) is 11.7. The molecule has 6 atom stereocenters. The number of nitrogens with one attached hydrogen (secondary N) is 1. The Labute approximate surface area is 348 Å². The topological polar surface area (TPSA) is 136 Å². The SMILES string of the molecule is CC(C)(C)OC(=O)N1C2CCC1CC(O)C2.CC(C)(C)OC(=O)N1C2CCC1CC(OCc1cccnc1F)C2.Cl.Fc1ncccc1COC1CC2CCC(C1)N2. The van der Waals surface area contributed by atoms with Crippen molar-refractivity contribution in [2.45, 2.75) is 198 Å². The van der Waals surface area contributed by atoms with Crippen molar-refractivity contribution in [3.63, 3.8) is 0 Å². The van der Waals surface area contributed by atoms with Gasteiger partial charge in [-0.2, -0.15) is 8.78 Å². The predicted octanol–water partition coefficient (Wildman–Crippen LogP) is 8.02.